The molecule has 0 aromatic heterocycles. The normalized spacial score (nSPS) is 20.6. The van der Waals surface area contributed by atoms with E-state index in [9.17, 15) is 0 Å². The predicted octanol–water partition coefficient (Wildman–Crippen LogP) is 3.00. The molecule has 1 aromatic carbocycles. The van der Waals surface area contributed by atoms with E-state index in [1.165, 1.54) is 56.4 Å². The maximum atomic E-state index is 3.67. The maximum Gasteiger partial charge on any atom is 0.0195 e. The van der Waals surface area contributed by atoms with E-state index in [4.69, 9.17) is 0 Å². The van der Waals surface area contributed by atoms with Crippen molar-refractivity contribution in [2.45, 2.75) is 45.6 Å². The van der Waals surface area contributed by atoms with Gasteiger partial charge in [-0.1, -0.05) is 36.8 Å². The molecule has 1 saturated heterocycles. The van der Waals surface area contributed by atoms with Crippen molar-refractivity contribution in [2.75, 3.05) is 26.2 Å². The molecule has 0 saturated carbocycles. The van der Waals surface area contributed by atoms with E-state index >= 15 is 0 Å². The van der Waals surface area contributed by atoms with Gasteiger partial charge in [0.05, 0.1) is 0 Å². The van der Waals surface area contributed by atoms with Gasteiger partial charge in [-0.3, -0.25) is 0 Å². The first kappa shape index (κ1) is 14.5. The van der Waals surface area contributed by atoms with Gasteiger partial charge in [0.25, 0.3) is 0 Å². The van der Waals surface area contributed by atoms with Crippen LogP contribution in [0.15, 0.2) is 24.3 Å². The molecule has 1 unspecified atom stereocenters. The number of nitrogens with zero attached hydrogens (tertiary/aromatic N) is 1. The van der Waals surface area contributed by atoms with Crippen LogP contribution < -0.4 is 5.32 Å². The number of benzene rings is 1. The Morgan fingerprint density at radius 1 is 1.37 bits per heavy atom. The minimum Gasteiger partial charge on any atom is -0.313 e. The molecule has 1 N–H and O–H groups in total. The van der Waals surface area contributed by atoms with Gasteiger partial charge in [-0.05, 0) is 51.3 Å². The Balaban J connectivity index is 1.76. The number of hydrogen-bond donors (Lipinski definition) is 1. The first-order valence-electron chi connectivity index (χ1n) is 7.79. The minimum atomic E-state index is 0.714. The number of nitrogens with one attached hydrogen (secondary N) is 1. The Morgan fingerprint density at radius 3 is 3.05 bits per heavy atom. The third-order valence-electron chi connectivity index (χ3n) is 3.99. The van der Waals surface area contributed by atoms with Crippen LogP contribution in [0.4, 0.5) is 0 Å². The molecule has 0 aliphatic carbocycles. The maximum absolute atomic E-state index is 3.67. The second-order valence-corrected chi connectivity index (χ2v) is 5.83. The lowest BCUT2D eigenvalue weighted by Gasteiger charge is -2.33. The van der Waals surface area contributed by atoms with E-state index in [0.29, 0.717) is 6.04 Å². The van der Waals surface area contributed by atoms with E-state index in [1.807, 2.05) is 0 Å². The van der Waals surface area contributed by atoms with E-state index in [0.717, 1.165) is 6.54 Å². The summed E-state index contributed by atoms with van der Waals surface area (Å²) in [7, 11) is 0. The molecule has 2 rings (SSSR count). The van der Waals surface area contributed by atoms with Crippen LogP contribution >= 0.6 is 0 Å². The Labute approximate surface area is 118 Å². The van der Waals surface area contributed by atoms with Crippen molar-refractivity contribution in [1.29, 1.82) is 0 Å². The second kappa shape index (κ2) is 7.66. The third kappa shape index (κ3) is 4.96. The minimum absolute atomic E-state index is 0.714. The summed E-state index contributed by atoms with van der Waals surface area (Å²) in [6.45, 7) is 9.28. The zero-order chi connectivity index (χ0) is 13.5. The molecule has 1 fully saturated rings. The highest BCUT2D eigenvalue weighted by Gasteiger charge is 2.18. The number of piperidine rings is 1. The number of rotatable bonds is 6. The molecule has 2 heteroatoms. The fourth-order valence-electron chi connectivity index (χ4n) is 2.93. The van der Waals surface area contributed by atoms with Gasteiger partial charge in [0.15, 0.2) is 0 Å². The highest BCUT2D eigenvalue weighted by atomic mass is 15.2. The lowest BCUT2D eigenvalue weighted by molar-refractivity contribution is 0.193. The van der Waals surface area contributed by atoms with Gasteiger partial charge in [0, 0.05) is 19.1 Å². The Morgan fingerprint density at radius 2 is 2.26 bits per heavy atom. The highest BCUT2D eigenvalue weighted by Crippen LogP contribution is 2.12. The SMILES string of the molecule is CCCNC1CCCN(CCc2cccc(C)c2)C1. The lowest BCUT2D eigenvalue weighted by atomic mass is 10.0. The largest absolute Gasteiger partial charge is 0.313 e. The summed E-state index contributed by atoms with van der Waals surface area (Å²) >= 11 is 0. The Kier molecular flexibility index (Phi) is 5.87. The van der Waals surface area contributed by atoms with E-state index < -0.39 is 0 Å². The molecule has 0 spiro atoms. The summed E-state index contributed by atoms with van der Waals surface area (Å²) in [6, 6.07) is 9.63. The highest BCUT2D eigenvalue weighted by molar-refractivity contribution is 5.22. The van der Waals surface area contributed by atoms with Crippen molar-refractivity contribution in [1.82, 2.24) is 10.2 Å². The zero-order valence-corrected chi connectivity index (χ0v) is 12.5. The molecule has 1 aliphatic rings. The van der Waals surface area contributed by atoms with E-state index in [2.05, 4.69) is 48.3 Å². The van der Waals surface area contributed by atoms with Crippen molar-refractivity contribution < 1.29 is 0 Å². The zero-order valence-electron chi connectivity index (χ0n) is 12.5. The first-order valence-corrected chi connectivity index (χ1v) is 7.79. The van der Waals surface area contributed by atoms with Crippen molar-refractivity contribution in [3.8, 4) is 0 Å². The molecular formula is C17H28N2. The lowest BCUT2D eigenvalue weighted by Crippen LogP contribution is -2.46. The molecular weight excluding hydrogens is 232 g/mol. The van der Waals surface area contributed by atoms with Crippen molar-refractivity contribution in [3.05, 3.63) is 35.4 Å². The summed E-state index contributed by atoms with van der Waals surface area (Å²) in [5.74, 6) is 0. The number of hydrogen-bond acceptors (Lipinski definition) is 2. The quantitative estimate of drug-likeness (QED) is 0.846. The number of aryl methyl sites for hydroxylation is 1. The molecule has 2 nitrogen and oxygen atoms in total. The number of likely N-dealkylation sites (tertiary alicyclic amines) is 1. The summed E-state index contributed by atoms with van der Waals surface area (Å²) in [5, 5.41) is 3.67. The van der Waals surface area contributed by atoms with Gasteiger partial charge in [-0.15, -0.1) is 0 Å². The van der Waals surface area contributed by atoms with Crippen LogP contribution in [0.2, 0.25) is 0 Å². The summed E-state index contributed by atoms with van der Waals surface area (Å²) in [6.07, 6.45) is 5.11. The molecule has 1 heterocycles. The molecule has 19 heavy (non-hydrogen) atoms. The summed E-state index contributed by atoms with van der Waals surface area (Å²) < 4.78 is 0. The van der Waals surface area contributed by atoms with Gasteiger partial charge in [0.2, 0.25) is 0 Å². The Hall–Kier alpha value is -0.860. The first-order chi connectivity index (χ1) is 9.28. The average molecular weight is 260 g/mol. The standard InChI is InChI=1S/C17H28N2/c1-3-10-18-17-8-5-11-19(14-17)12-9-16-7-4-6-15(2)13-16/h4,6-7,13,17-18H,3,5,8-12,14H2,1-2H3. The van der Waals surface area contributed by atoms with Crippen LogP contribution in [-0.2, 0) is 6.42 Å². The molecule has 0 bridgehead atoms. The van der Waals surface area contributed by atoms with Crippen LogP contribution in [0.25, 0.3) is 0 Å². The van der Waals surface area contributed by atoms with Crippen molar-refractivity contribution >= 4 is 0 Å². The topological polar surface area (TPSA) is 15.3 Å². The van der Waals surface area contributed by atoms with Crippen molar-refractivity contribution in [2.24, 2.45) is 0 Å². The van der Waals surface area contributed by atoms with Gasteiger partial charge >= 0.3 is 0 Å². The van der Waals surface area contributed by atoms with Crippen molar-refractivity contribution in [3.63, 3.8) is 0 Å². The van der Waals surface area contributed by atoms with Gasteiger partial charge < -0.3 is 10.2 Å². The van der Waals surface area contributed by atoms with Crippen LogP contribution in [0.1, 0.15) is 37.3 Å². The molecule has 0 radical (unpaired) electrons. The fraction of sp³-hybridized carbons (Fsp3) is 0.647. The van der Waals surface area contributed by atoms with Crippen LogP contribution in [0.5, 0.6) is 0 Å². The smallest absolute Gasteiger partial charge is 0.0195 e. The van der Waals surface area contributed by atoms with Crippen LogP contribution in [0.3, 0.4) is 0 Å². The molecule has 106 valence electrons. The molecule has 1 atom stereocenters. The van der Waals surface area contributed by atoms with Gasteiger partial charge in [-0.2, -0.15) is 0 Å². The molecule has 0 amide bonds. The summed E-state index contributed by atoms with van der Waals surface area (Å²) in [4.78, 5) is 2.62. The van der Waals surface area contributed by atoms with Crippen LogP contribution in [0, 0.1) is 6.92 Å². The van der Waals surface area contributed by atoms with E-state index in [-0.39, 0.29) is 0 Å². The van der Waals surface area contributed by atoms with Gasteiger partial charge in [-0.25, -0.2) is 0 Å². The molecule has 1 aromatic rings. The van der Waals surface area contributed by atoms with Gasteiger partial charge in [0.1, 0.15) is 0 Å². The molecule has 1 aliphatic heterocycles. The predicted molar refractivity (Wildman–Crippen MR) is 82.6 cm³/mol. The third-order valence-corrected chi connectivity index (χ3v) is 3.99. The van der Waals surface area contributed by atoms with Crippen LogP contribution in [-0.4, -0.2) is 37.1 Å². The Bertz CT molecular complexity index is 375. The fourth-order valence-corrected chi connectivity index (χ4v) is 2.93. The monoisotopic (exact) mass is 260 g/mol. The summed E-state index contributed by atoms with van der Waals surface area (Å²) in [5.41, 5.74) is 2.85. The second-order valence-electron chi connectivity index (χ2n) is 5.83. The average Bonchev–Trinajstić information content (AvgIpc) is 2.43. The van der Waals surface area contributed by atoms with E-state index in [1.54, 1.807) is 0 Å².